The predicted molar refractivity (Wildman–Crippen MR) is 101 cm³/mol. The molecule has 0 spiro atoms. The lowest BCUT2D eigenvalue weighted by Gasteiger charge is -2.32. The van der Waals surface area contributed by atoms with Gasteiger partial charge < -0.3 is 0 Å². The number of hydrogen-bond donors (Lipinski definition) is 0. The van der Waals surface area contributed by atoms with Crippen LogP contribution >= 0.6 is 0 Å². The number of rotatable bonds is 7. The summed E-state index contributed by atoms with van der Waals surface area (Å²) >= 11 is 0. The average molecular weight is 363 g/mol. The maximum atomic E-state index is 13.6. The van der Waals surface area contributed by atoms with Gasteiger partial charge in [-0.15, -0.1) is 0 Å². The Labute approximate surface area is 154 Å². The number of hydrogen-bond acceptors (Lipinski definition) is 1. The molecule has 0 fully saturated rings. The molecule has 0 saturated heterocycles. The Kier molecular flexibility index (Phi) is 6.87. The predicted octanol–water partition coefficient (Wildman–Crippen LogP) is 6.35. The molecule has 0 aromatic heterocycles. The zero-order valence-electron chi connectivity index (χ0n) is 15.9. The minimum atomic E-state index is -4.35. The molecule has 0 aliphatic carbocycles. The first kappa shape index (κ1) is 20.5. The summed E-state index contributed by atoms with van der Waals surface area (Å²) in [5.74, 6) is -0.283. The fourth-order valence-corrected chi connectivity index (χ4v) is 3.64. The smallest absolute Gasteiger partial charge is 0.299 e. The van der Waals surface area contributed by atoms with Crippen LogP contribution in [0.3, 0.4) is 0 Å². The molecule has 0 radical (unpaired) electrons. The Morgan fingerprint density at radius 1 is 0.808 bits per heavy atom. The number of benzene rings is 2. The molecule has 26 heavy (non-hydrogen) atoms. The van der Waals surface area contributed by atoms with Crippen molar-refractivity contribution in [2.24, 2.45) is 0 Å². The summed E-state index contributed by atoms with van der Waals surface area (Å²) in [6.07, 6.45) is -3.70. The molecule has 0 aliphatic rings. The second-order valence-corrected chi connectivity index (χ2v) is 7.26. The zero-order valence-corrected chi connectivity index (χ0v) is 15.9. The van der Waals surface area contributed by atoms with Gasteiger partial charge in [0.1, 0.15) is 0 Å². The molecule has 1 nitrogen and oxygen atoms in total. The van der Waals surface area contributed by atoms with Crippen molar-refractivity contribution in [3.63, 3.8) is 0 Å². The van der Waals surface area contributed by atoms with E-state index in [2.05, 4.69) is 32.6 Å². The van der Waals surface area contributed by atoms with Crippen molar-refractivity contribution in [1.29, 1.82) is 0 Å². The molecular weight excluding hydrogens is 335 g/mol. The number of nitrogens with zero attached hydrogens (tertiary/aromatic N) is 1. The monoisotopic (exact) mass is 363 g/mol. The molecule has 1 unspecified atom stereocenters. The Balaban J connectivity index is 2.41. The highest BCUT2D eigenvalue weighted by Gasteiger charge is 2.35. The first-order chi connectivity index (χ1) is 12.2. The van der Waals surface area contributed by atoms with E-state index in [9.17, 15) is 13.2 Å². The van der Waals surface area contributed by atoms with Gasteiger partial charge in [-0.1, -0.05) is 48.5 Å². The van der Waals surface area contributed by atoms with Crippen molar-refractivity contribution in [1.82, 2.24) is 4.90 Å². The van der Waals surface area contributed by atoms with Gasteiger partial charge in [-0.25, -0.2) is 0 Å². The third-order valence-electron chi connectivity index (χ3n) is 4.85. The third-order valence-corrected chi connectivity index (χ3v) is 4.85. The molecular formula is C22H28F3N. The summed E-state index contributed by atoms with van der Waals surface area (Å²) in [7, 11) is 0. The summed E-state index contributed by atoms with van der Waals surface area (Å²) in [5.41, 5.74) is 0.754. The largest absolute Gasteiger partial charge is 0.416 e. The van der Waals surface area contributed by atoms with Crippen LogP contribution in [-0.2, 0) is 6.18 Å². The average Bonchev–Trinajstić information content (AvgIpc) is 2.58. The van der Waals surface area contributed by atoms with Crippen LogP contribution in [0, 0.1) is 0 Å². The Morgan fingerprint density at radius 2 is 1.35 bits per heavy atom. The van der Waals surface area contributed by atoms with E-state index in [1.165, 1.54) is 12.1 Å². The first-order valence-electron chi connectivity index (χ1n) is 9.18. The van der Waals surface area contributed by atoms with Gasteiger partial charge in [0.25, 0.3) is 0 Å². The maximum Gasteiger partial charge on any atom is 0.416 e. The molecule has 0 saturated carbocycles. The van der Waals surface area contributed by atoms with Crippen molar-refractivity contribution < 1.29 is 13.2 Å². The van der Waals surface area contributed by atoms with E-state index in [1.807, 2.05) is 30.3 Å². The van der Waals surface area contributed by atoms with Gasteiger partial charge >= 0.3 is 6.18 Å². The van der Waals surface area contributed by atoms with Gasteiger partial charge in [-0.2, -0.15) is 13.2 Å². The minimum absolute atomic E-state index is 0.283. The molecule has 2 aromatic rings. The number of halogens is 3. The van der Waals surface area contributed by atoms with Crippen LogP contribution in [-0.4, -0.2) is 23.5 Å². The normalized spacial score (nSPS) is 13.6. The fourth-order valence-electron chi connectivity index (χ4n) is 3.64. The second kappa shape index (κ2) is 8.72. The summed E-state index contributed by atoms with van der Waals surface area (Å²) < 4.78 is 40.7. The van der Waals surface area contributed by atoms with E-state index in [-0.39, 0.29) is 5.92 Å². The van der Waals surface area contributed by atoms with Crippen LogP contribution in [0.1, 0.15) is 56.7 Å². The molecule has 4 heteroatoms. The summed E-state index contributed by atoms with van der Waals surface area (Å²) in [5, 5.41) is 0. The van der Waals surface area contributed by atoms with E-state index in [0.29, 0.717) is 24.1 Å². The van der Waals surface area contributed by atoms with E-state index in [0.717, 1.165) is 12.1 Å². The molecule has 2 aromatic carbocycles. The van der Waals surface area contributed by atoms with E-state index >= 15 is 0 Å². The van der Waals surface area contributed by atoms with Gasteiger partial charge in [0.2, 0.25) is 0 Å². The van der Waals surface area contributed by atoms with Crippen molar-refractivity contribution >= 4 is 0 Å². The molecule has 1 atom stereocenters. The van der Waals surface area contributed by atoms with E-state index in [4.69, 9.17) is 0 Å². The first-order valence-corrected chi connectivity index (χ1v) is 9.18. The lowest BCUT2D eigenvalue weighted by Crippen LogP contribution is -2.38. The quantitative estimate of drug-likeness (QED) is 0.554. The van der Waals surface area contributed by atoms with Gasteiger partial charge in [0.15, 0.2) is 0 Å². The molecule has 142 valence electrons. The second-order valence-electron chi connectivity index (χ2n) is 7.26. The van der Waals surface area contributed by atoms with Crippen molar-refractivity contribution in [3.8, 4) is 0 Å². The molecule has 2 rings (SSSR count). The van der Waals surface area contributed by atoms with Gasteiger partial charge in [-0.3, -0.25) is 4.90 Å². The van der Waals surface area contributed by atoms with Crippen LogP contribution in [0.15, 0.2) is 54.6 Å². The molecule has 0 bridgehead atoms. The highest BCUT2D eigenvalue weighted by atomic mass is 19.4. The van der Waals surface area contributed by atoms with Crippen LogP contribution in [0.4, 0.5) is 13.2 Å². The van der Waals surface area contributed by atoms with Crippen LogP contribution in [0.2, 0.25) is 0 Å². The van der Waals surface area contributed by atoms with Gasteiger partial charge in [0.05, 0.1) is 5.56 Å². The zero-order chi connectivity index (χ0) is 19.3. The Morgan fingerprint density at radius 3 is 1.88 bits per heavy atom. The highest BCUT2D eigenvalue weighted by Crippen LogP contribution is 2.39. The lowest BCUT2D eigenvalue weighted by molar-refractivity contribution is -0.138. The molecule has 0 heterocycles. The van der Waals surface area contributed by atoms with Crippen LogP contribution in [0.25, 0.3) is 0 Å². The number of alkyl halides is 3. The minimum Gasteiger partial charge on any atom is -0.299 e. The highest BCUT2D eigenvalue weighted by molar-refractivity contribution is 5.39. The topological polar surface area (TPSA) is 3.24 Å². The van der Waals surface area contributed by atoms with Crippen molar-refractivity contribution in [3.05, 3.63) is 71.3 Å². The fraction of sp³-hybridized carbons (Fsp3) is 0.455. The third kappa shape index (κ3) is 5.10. The van der Waals surface area contributed by atoms with Crippen molar-refractivity contribution in [2.45, 2.75) is 58.3 Å². The van der Waals surface area contributed by atoms with Crippen LogP contribution in [0.5, 0.6) is 0 Å². The molecule has 0 aliphatic heterocycles. The standard InChI is InChI=1S/C22H28F3N/c1-16(2)26(17(3)4)15-14-19(18-10-6-5-7-11-18)20-12-8-9-13-21(20)22(23,24)25/h5-13,16-17,19H,14-15H2,1-4H3. The lowest BCUT2D eigenvalue weighted by atomic mass is 9.85. The maximum absolute atomic E-state index is 13.6. The SMILES string of the molecule is CC(C)N(CCC(c1ccccc1)c1ccccc1C(F)(F)F)C(C)C. The van der Waals surface area contributed by atoms with E-state index in [1.54, 1.807) is 12.1 Å². The van der Waals surface area contributed by atoms with Gasteiger partial charge in [0, 0.05) is 18.0 Å². The van der Waals surface area contributed by atoms with E-state index < -0.39 is 11.7 Å². The molecule has 0 amide bonds. The Hall–Kier alpha value is -1.81. The summed E-state index contributed by atoms with van der Waals surface area (Å²) in [4.78, 5) is 2.33. The summed E-state index contributed by atoms with van der Waals surface area (Å²) in [6.45, 7) is 9.26. The Bertz CT molecular complexity index is 669. The van der Waals surface area contributed by atoms with Crippen molar-refractivity contribution in [2.75, 3.05) is 6.54 Å². The van der Waals surface area contributed by atoms with Crippen LogP contribution < -0.4 is 0 Å². The summed E-state index contributed by atoms with van der Waals surface area (Å²) in [6, 6.07) is 16.2. The van der Waals surface area contributed by atoms with Gasteiger partial charge in [-0.05, 0) is 57.9 Å². The molecule has 0 N–H and O–H groups in total.